The Bertz CT molecular complexity index is 1640. The van der Waals surface area contributed by atoms with Crippen LogP contribution in [0.1, 0.15) is 34.1 Å². The van der Waals surface area contributed by atoms with Crippen molar-refractivity contribution < 1.29 is 4.79 Å². The van der Waals surface area contributed by atoms with Crippen molar-refractivity contribution in [2.24, 2.45) is 5.92 Å². The van der Waals surface area contributed by atoms with Gasteiger partial charge in [-0.05, 0) is 55.0 Å². The number of ketones is 1. The molecule has 3 aromatic heterocycles. The molecule has 0 saturated heterocycles. The summed E-state index contributed by atoms with van der Waals surface area (Å²) in [6.45, 7) is 2.23. The van der Waals surface area contributed by atoms with E-state index in [1.807, 2.05) is 46.9 Å². The molecule has 3 heterocycles. The number of carbonyl (C=O) groups excluding carboxylic acids is 1. The van der Waals surface area contributed by atoms with Crippen molar-refractivity contribution in [1.29, 1.82) is 0 Å². The molecule has 0 bridgehead atoms. The Balaban J connectivity index is 1.55. The number of halogens is 1. The first-order valence-corrected chi connectivity index (χ1v) is 13.6. The molecule has 0 spiro atoms. The number of hydrogen-bond acceptors (Lipinski definition) is 6. The van der Waals surface area contributed by atoms with Crippen LogP contribution in [0.25, 0.3) is 21.7 Å². The molecule has 5 aromatic rings. The van der Waals surface area contributed by atoms with Crippen LogP contribution in [0.4, 0.5) is 0 Å². The number of thiophene rings is 1. The highest BCUT2D eigenvalue weighted by Crippen LogP contribution is 2.38. The van der Waals surface area contributed by atoms with Crippen molar-refractivity contribution in [2.75, 3.05) is 5.75 Å². The summed E-state index contributed by atoms with van der Waals surface area (Å²) in [7, 11) is 0. The highest BCUT2D eigenvalue weighted by Gasteiger charge is 2.27. The van der Waals surface area contributed by atoms with Crippen LogP contribution in [0, 0.1) is 5.92 Å². The van der Waals surface area contributed by atoms with Crippen molar-refractivity contribution in [3.05, 3.63) is 86.0 Å². The number of carbonyl (C=O) groups is 1. The maximum absolute atomic E-state index is 13.9. The van der Waals surface area contributed by atoms with E-state index in [4.69, 9.17) is 11.6 Å². The van der Waals surface area contributed by atoms with Gasteiger partial charge in [-0.3, -0.25) is 9.59 Å². The fourth-order valence-electron chi connectivity index (χ4n) is 4.66. The molecule has 0 radical (unpaired) electrons. The van der Waals surface area contributed by atoms with E-state index in [0.29, 0.717) is 33.1 Å². The van der Waals surface area contributed by atoms with Crippen LogP contribution in [0.15, 0.2) is 64.5 Å². The van der Waals surface area contributed by atoms with Gasteiger partial charge in [-0.1, -0.05) is 60.6 Å². The monoisotopic (exact) mass is 520 g/mol. The predicted octanol–water partition coefficient (Wildman–Crippen LogP) is 5.85. The van der Waals surface area contributed by atoms with Gasteiger partial charge in [0.25, 0.3) is 5.56 Å². The van der Waals surface area contributed by atoms with Gasteiger partial charge in [-0.2, -0.15) is 0 Å². The molecule has 0 N–H and O–H groups in total. The molecule has 0 aliphatic heterocycles. The lowest BCUT2D eigenvalue weighted by atomic mass is 9.89. The Kier molecular flexibility index (Phi) is 5.75. The van der Waals surface area contributed by atoms with Gasteiger partial charge in [0.15, 0.2) is 10.9 Å². The van der Waals surface area contributed by atoms with Gasteiger partial charge < -0.3 is 0 Å². The van der Waals surface area contributed by atoms with Gasteiger partial charge in [0.1, 0.15) is 4.83 Å². The summed E-state index contributed by atoms with van der Waals surface area (Å²) in [5.41, 5.74) is 2.39. The van der Waals surface area contributed by atoms with Crippen LogP contribution >= 0.6 is 34.7 Å². The molecule has 0 amide bonds. The number of aromatic nitrogens is 4. The van der Waals surface area contributed by atoms with E-state index in [0.717, 1.165) is 35.0 Å². The molecule has 2 aromatic carbocycles. The van der Waals surface area contributed by atoms with E-state index >= 15 is 0 Å². The first-order chi connectivity index (χ1) is 17.0. The first kappa shape index (κ1) is 22.5. The van der Waals surface area contributed by atoms with Crippen LogP contribution in [0.5, 0.6) is 0 Å². The van der Waals surface area contributed by atoms with Crippen molar-refractivity contribution >= 4 is 56.5 Å². The van der Waals surface area contributed by atoms with Gasteiger partial charge in [-0.25, -0.2) is 8.97 Å². The number of aryl methyl sites for hydroxylation is 1. The average molecular weight is 521 g/mol. The molecule has 1 aliphatic carbocycles. The van der Waals surface area contributed by atoms with E-state index in [1.165, 1.54) is 16.6 Å². The minimum absolute atomic E-state index is 0.0221. The van der Waals surface area contributed by atoms with Gasteiger partial charge in [-0.15, -0.1) is 21.5 Å². The van der Waals surface area contributed by atoms with Gasteiger partial charge in [0.2, 0.25) is 5.78 Å². The summed E-state index contributed by atoms with van der Waals surface area (Å²) in [6.07, 6.45) is 2.96. The van der Waals surface area contributed by atoms with Crippen molar-refractivity contribution in [2.45, 2.75) is 31.3 Å². The molecule has 1 atom stereocenters. The van der Waals surface area contributed by atoms with Gasteiger partial charge in [0.05, 0.1) is 16.8 Å². The summed E-state index contributed by atoms with van der Waals surface area (Å²) < 4.78 is 3.56. The zero-order valence-corrected chi connectivity index (χ0v) is 21.3. The summed E-state index contributed by atoms with van der Waals surface area (Å²) >= 11 is 9.11. The third-order valence-electron chi connectivity index (χ3n) is 6.44. The zero-order chi connectivity index (χ0) is 24.1. The third-order valence-corrected chi connectivity index (χ3v) is 8.90. The number of thioether (sulfide) groups is 1. The fourth-order valence-corrected chi connectivity index (χ4v) is 7.01. The topological polar surface area (TPSA) is 69.3 Å². The normalized spacial score (nSPS) is 15.5. The third kappa shape index (κ3) is 3.90. The highest BCUT2D eigenvalue weighted by atomic mass is 35.5. The number of rotatable bonds is 5. The average Bonchev–Trinajstić information content (AvgIpc) is 3.45. The van der Waals surface area contributed by atoms with E-state index in [-0.39, 0.29) is 17.1 Å². The summed E-state index contributed by atoms with van der Waals surface area (Å²) in [5.74, 6) is 1.21. The summed E-state index contributed by atoms with van der Waals surface area (Å²) in [4.78, 5) is 28.8. The van der Waals surface area contributed by atoms with Crippen molar-refractivity contribution in [3.8, 4) is 5.69 Å². The largest absolute Gasteiger partial charge is 0.293 e. The molecule has 176 valence electrons. The molecule has 0 unspecified atom stereocenters. The van der Waals surface area contributed by atoms with E-state index < -0.39 is 0 Å². The number of fused-ring (bicyclic) bond motifs is 5. The zero-order valence-electron chi connectivity index (χ0n) is 18.9. The molecule has 1 aliphatic rings. The van der Waals surface area contributed by atoms with E-state index in [2.05, 4.69) is 17.1 Å². The van der Waals surface area contributed by atoms with E-state index in [1.54, 1.807) is 28.0 Å². The Morgan fingerprint density at radius 1 is 1.14 bits per heavy atom. The van der Waals surface area contributed by atoms with Gasteiger partial charge in [0, 0.05) is 15.5 Å². The molecule has 9 heteroatoms. The Hall–Kier alpha value is -2.94. The fraction of sp³-hybridized carbons (Fsp3) is 0.231. The Labute approximate surface area is 214 Å². The summed E-state index contributed by atoms with van der Waals surface area (Å²) in [5, 5.41) is 10.8. The van der Waals surface area contributed by atoms with Gasteiger partial charge >= 0.3 is 0 Å². The molecular weight excluding hydrogens is 500 g/mol. The van der Waals surface area contributed by atoms with Crippen molar-refractivity contribution in [3.63, 3.8) is 0 Å². The maximum Gasteiger partial charge on any atom is 0.268 e. The van der Waals surface area contributed by atoms with E-state index in [9.17, 15) is 9.59 Å². The summed E-state index contributed by atoms with van der Waals surface area (Å²) in [6, 6.07) is 16.4. The first-order valence-electron chi connectivity index (χ1n) is 11.4. The lowest BCUT2D eigenvalue weighted by Crippen LogP contribution is -2.22. The second-order valence-corrected chi connectivity index (χ2v) is 11.3. The van der Waals surface area contributed by atoms with Crippen LogP contribution in [0.3, 0.4) is 0 Å². The smallest absolute Gasteiger partial charge is 0.268 e. The SMILES string of the molecule is C[C@@H]1CCc2sc3c(c2C1)c(=O)n(-c1ccc(Cl)cc1)c1nnc(SCC(=O)c2ccccc2)n31. The quantitative estimate of drug-likeness (QED) is 0.215. The second-order valence-electron chi connectivity index (χ2n) is 8.84. The number of nitrogens with zero attached hydrogens (tertiary/aromatic N) is 4. The van der Waals surface area contributed by atoms with Crippen LogP contribution in [0.2, 0.25) is 5.02 Å². The second kappa shape index (κ2) is 8.93. The molecule has 35 heavy (non-hydrogen) atoms. The highest BCUT2D eigenvalue weighted by molar-refractivity contribution is 7.99. The van der Waals surface area contributed by atoms with Crippen LogP contribution < -0.4 is 5.56 Å². The lowest BCUT2D eigenvalue weighted by Gasteiger charge is -2.18. The molecular formula is C26H21ClN4O2S2. The molecule has 0 fully saturated rings. The molecule has 6 rings (SSSR count). The molecule has 0 saturated carbocycles. The minimum atomic E-state index is -0.0919. The van der Waals surface area contributed by atoms with Crippen LogP contribution in [-0.2, 0) is 12.8 Å². The Morgan fingerprint density at radius 3 is 2.69 bits per heavy atom. The standard InChI is InChI=1S/C26H21ClN4O2S2/c1-15-7-12-21-19(13-15)22-23(33)30(18-10-8-17(27)9-11-18)25-28-29-26(31(25)24(22)35-21)34-14-20(32)16-5-3-2-4-6-16/h2-6,8-11,15H,7,12-14H2,1H3/t15-/m1/s1. The maximum atomic E-state index is 13.9. The lowest BCUT2D eigenvalue weighted by molar-refractivity contribution is 0.102. The Morgan fingerprint density at radius 2 is 1.91 bits per heavy atom. The minimum Gasteiger partial charge on any atom is -0.293 e. The number of benzene rings is 2. The number of Topliss-reactive ketones (excluding diaryl/α,β-unsaturated/α-hetero) is 1. The van der Waals surface area contributed by atoms with Crippen LogP contribution in [-0.4, -0.2) is 30.7 Å². The molecule has 6 nitrogen and oxygen atoms in total. The predicted molar refractivity (Wildman–Crippen MR) is 142 cm³/mol. The number of hydrogen-bond donors (Lipinski definition) is 0. The van der Waals surface area contributed by atoms with Crippen molar-refractivity contribution in [1.82, 2.24) is 19.2 Å².